The standard InChI is InChI=1S/C16H25N3O2/c1-2-11-15(20)17-14(10-5-6-10)16(21)19(11)13-7-9-18-8-3-4-12(13)18/h10-14H,2-9H2,1H3,(H,17,20). The first-order valence-corrected chi connectivity index (χ1v) is 8.57. The molecule has 4 rings (SSSR count). The minimum atomic E-state index is -0.252. The van der Waals surface area contributed by atoms with E-state index in [2.05, 4.69) is 10.2 Å². The highest BCUT2D eigenvalue weighted by atomic mass is 16.2. The number of fused-ring (bicyclic) bond motifs is 1. The van der Waals surface area contributed by atoms with Crippen molar-refractivity contribution >= 4 is 11.8 Å². The molecule has 0 radical (unpaired) electrons. The van der Waals surface area contributed by atoms with Gasteiger partial charge >= 0.3 is 0 Å². The molecule has 1 saturated carbocycles. The summed E-state index contributed by atoms with van der Waals surface area (Å²) >= 11 is 0. The highest BCUT2D eigenvalue weighted by Crippen LogP contribution is 2.38. The maximum absolute atomic E-state index is 13.0. The molecule has 0 aromatic heterocycles. The summed E-state index contributed by atoms with van der Waals surface area (Å²) in [4.78, 5) is 30.0. The van der Waals surface area contributed by atoms with Crippen LogP contribution < -0.4 is 5.32 Å². The van der Waals surface area contributed by atoms with Gasteiger partial charge in [-0.1, -0.05) is 6.92 Å². The van der Waals surface area contributed by atoms with Gasteiger partial charge < -0.3 is 10.2 Å². The lowest BCUT2D eigenvalue weighted by atomic mass is 9.95. The van der Waals surface area contributed by atoms with Crippen LogP contribution in [0.1, 0.15) is 45.4 Å². The molecule has 0 aromatic rings. The summed E-state index contributed by atoms with van der Waals surface area (Å²) in [6, 6.07) is 0.264. The Balaban J connectivity index is 1.62. The Labute approximate surface area is 126 Å². The maximum atomic E-state index is 13.0. The second-order valence-corrected chi connectivity index (χ2v) is 7.09. The van der Waals surface area contributed by atoms with E-state index >= 15 is 0 Å². The molecule has 1 aliphatic carbocycles. The Kier molecular flexibility index (Phi) is 3.21. The van der Waals surface area contributed by atoms with Crippen LogP contribution in [0, 0.1) is 5.92 Å². The average Bonchev–Trinajstić information content (AvgIpc) is 3.07. The van der Waals surface area contributed by atoms with Gasteiger partial charge in [-0.15, -0.1) is 0 Å². The van der Waals surface area contributed by atoms with Crippen LogP contribution >= 0.6 is 0 Å². The van der Waals surface area contributed by atoms with Gasteiger partial charge in [-0.3, -0.25) is 14.5 Å². The quantitative estimate of drug-likeness (QED) is 0.834. The summed E-state index contributed by atoms with van der Waals surface area (Å²) in [5.74, 6) is 0.663. The van der Waals surface area contributed by atoms with Gasteiger partial charge in [0.05, 0.1) is 0 Å². The summed E-state index contributed by atoms with van der Waals surface area (Å²) in [6.45, 7) is 4.27. The zero-order valence-electron chi connectivity index (χ0n) is 12.8. The minimum Gasteiger partial charge on any atom is -0.342 e. The second-order valence-electron chi connectivity index (χ2n) is 7.09. The lowest BCUT2D eigenvalue weighted by Gasteiger charge is -2.44. The van der Waals surface area contributed by atoms with E-state index in [1.54, 1.807) is 0 Å². The first kappa shape index (κ1) is 13.6. The number of rotatable bonds is 3. The largest absolute Gasteiger partial charge is 0.342 e. The fourth-order valence-electron chi connectivity index (χ4n) is 4.66. The number of nitrogens with one attached hydrogen (secondary N) is 1. The normalized spacial score (nSPS) is 40.5. The predicted octanol–water partition coefficient (Wildman–Crippen LogP) is 0.739. The molecular weight excluding hydrogens is 266 g/mol. The summed E-state index contributed by atoms with van der Waals surface area (Å²) in [5, 5.41) is 3.00. The van der Waals surface area contributed by atoms with Crippen molar-refractivity contribution in [3.63, 3.8) is 0 Å². The molecule has 5 nitrogen and oxygen atoms in total. The zero-order valence-corrected chi connectivity index (χ0v) is 12.8. The molecule has 0 spiro atoms. The first-order chi connectivity index (χ1) is 10.2. The molecule has 4 aliphatic rings. The van der Waals surface area contributed by atoms with Gasteiger partial charge in [-0.25, -0.2) is 0 Å². The topological polar surface area (TPSA) is 52.7 Å². The van der Waals surface area contributed by atoms with Crippen LogP contribution in [-0.4, -0.2) is 58.9 Å². The highest BCUT2D eigenvalue weighted by molar-refractivity contribution is 5.97. The molecule has 5 heteroatoms. The van der Waals surface area contributed by atoms with E-state index in [4.69, 9.17) is 0 Å². The number of carbonyl (C=O) groups excluding carboxylic acids is 2. The Morgan fingerprint density at radius 3 is 2.62 bits per heavy atom. The Hall–Kier alpha value is -1.10. The van der Waals surface area contributed by atoms with Crippen molar-refractivity contribution in [3.8, 4) is 0 Å². The van der Waals surface area contributed by atoms with Crippen LogP contribution in [0.4, 0.5) is 0 Å². The van der Waals surface area contributed by atoms with Crippen LogP contribution in [0.5, 0.6) is 0 Å². The third-order valence-electron chi connectivity index (χ3n) is 5.86. The van der Waals surface area contributed by atoms with E-state index in [-0.39, 0.29) is 29.9 Å². The van der Waals surface area contributed by atoms with Crippen molar-refractivity contribution in [1.82, 2.24) is 15.1 Å². The Morgan fingerprint density at radius 2 is 1.90 bits per heavy atom. The summed E-state index contributed by atoms with van der Waals surface area (Å²) in [7, 11) is 0. The number of amides is 2. The number of nitrogens with zero attached hydrogens (tertiary/aromatic N) is 2. The monoisotopic (exact) mass is 291 g/mol. The van der Waals surface area contributed by atoms with Crippen molar-refractivity contribution in [3.05, 3.63) is 0 Å². The third kappa shape index (κ3) is 2.08. The molecule has 2 amide bonds. The SMILES string of the molecule is CCC1C(=O)NC(C2CC2)C(=O)N1C1CCN2CCCC12. The molecule has 3 heterocycles. The Morgan fingerprint density at radius 1 is 1.10 bits per heavy atom. The van der Waals surface area contributed by atoms with Gasteiger partial charge in [0.25, 0.3) is 0 Å². The number of hydrogen-bond acceptors (Lipinski definition) is 3. The lowest BCUT2D eigenvalue weighted by molar-refractivity contribution is -0.153. The van der Waals surface area contributed by atoms with E-state index in [1.807, 2.05) is 11.8 Å². The van der Waals surface area contributed by atoms with E-state index in [1.165, 1.54) is 12.8 Å². The summed E-state index contributed by atoms with van der Waals surface area (Å²) < 4.78 is 0. The molecule has 3 saturated heterocycles. The molecule has 0 aromatic carbocycles. The molecule has 1 N–H and O–H groups in total. The van der Waals surface area contributed by atoms with Gasteiger partial charge in [0.15, 0.2) is 0 Å². The fraction of sp³-hybridized carbons (Fsp3) is 0.875. The van der Waals surface area contributed by atoms with Crippen molar-refractivity contribution in [1.29, 1.82) is 0 Å². The van der Waals surface area contributed by atoms with Gasteiger partial charge in [0, 0.05) is 18.6 Å². The number of hydrogen-bond donors (Lipinski definition) is 1. The maximum Gasteiger partial charge on any atom is 0.246 e. The van der Waals surface area contributed by atoms with Crippen LogP contribution in [0.2, 0.25) is 0 Å². The average molecular weight is 291 g/mol. The van der Waals surface area contributed by atoms with Gasteiger partial charge in [0.1, 0.15) is 12.1 Å². The van der Waals surface area contributed by atoms with Crippen LogP contribution in [0.3, 0.4) is 0 Å². The smallest absolute Gasteiger partial charge is 0.246 e. The van der Waals surface area contributed by atoms with Gasteiger partial charge in [-0.2, -0.15) is 0 Å². The van der Waals surface area contributed by atoms with Crippen molar-refractivity contribution < 1.29 is 9.59 Å². The van der Waals surface area contributed by atoms with Gasteiger partial charge in [-0.05, 0) is 51.0 Å². The van der Waals surface area contributed by atoms with E-state index in [0.717, 1.165) is 38.8 Å². The summed E-state index contributed by atoms with van der Waals surface area (Å²) in [6.07, 6.45) is 6.34. The van der Waals surface area contributed by atoms with E-state index in [9.17, 15) is 9.59 Å². The molecular formula is C16H25N3O2. The molecule has 4 unspecified atom stereocenters. The van der Waals surface area contributed by atoms with Crippen LogP contribution in [0.25, 0.3) is 0 Å². The Bertz CT molecular complexity index is 462. The van der Waals surface area contributed by atoms with Crippen LogP contribution in [0.15, 0.2) is 0 Å². The molecule has 0 bridgehead atoms. The van der Waals surface area contributed by atoms with Crippen molar-refractivity contribution in [2.24, 2.45) is 5.92 Å². The number of carbonyl (C=O) groups is 2. The lowest BCUT2D eigenvalue weighted by Crippen LogP contribution is -2.67. The van der Waals surface area contributed by atoms with Crippen molar-refractivity contribution in [2.75, 3.05) is 13.1 Å². The third-order valence-corrected chi connectivity index (χ3v) is 5.86. The zero-order chi connectivity index (χ0) is 14.6. The van der Waals surface area contributed by atoms with Crippen molar-refractivity contribution in [2.45, 2.75) is 69.6 Å². The molecule has 4 fully saturated rings. The van der Waals surface area contributed by atoms with E-state index < -0.39 is 0 Å². The van der Waals surface area contributed by atoms with Gasteiger partial charge in [0.2, 0.25) is 11.8 Å². The molecule has 21 heavy (non-hydrogen) atoms. The summed E-state index contributed by atoms with van der Waals surface area (Å²) in [5.41, 5.74) is 0. The first-order valence-electron chi connectivity index (χ1n) is 8.57. The predicted molar refractivity (Wildman–Crippen MR) is 78.6 cm³/mol. The fourth-order valence-corrected chi connectivity index (χ4v) is 4.66. The number of piperazine rings is 1. The minimum absolute atomic E-state index is 0.0745. The molecule has 116 valence electrons. The highest BCUT2D eigenvalue weighted by Gasteiger charge is 2.51. The molecule has 3 aliphatic heterocycles. The van der Waals surface area contributed by atoms with Crippen LogP contribution in [-0.2, 0) is 9.59 Å². The molecule has 4 atom stereocenters. The van der Waals surface area contributed by atoms with E-state index in [0.29, 0.717) is 12.0 Å². The second kappa shape index (κ2) is 4.97.